The summed E-state index contributed by atoms with van der Waals surface area (Å²) in [5, 5.41) is 6.54. The summed E-state index contributed by atoms with van der Waals surface area (Å²) in [4.78, 5) is 54.4. The lowest BCUT2D eigenvalue weighted by molar-refractivity contribution is -0.148. The second kappa shape index (κ2) is 13.1. The summed E-state index contributed by atoms with van der Waals surface area (Å²) in [5.74, 6) is -1.51. The largest absolute Gasteiger partial charge is 0.497 e. The Morgan fingerprint density at radius 2 is 1.87 bits per heavy atom. The van der Waals surface area contributed by atoms with Gasteiger partial charge >= 0.3 is 5.97 Å². The number of esters is 1. The molecule has 1 aromatic heterocycles. The van der Waals surface area contributed by atoms with Crippen LogP contribution in [0.3, 0.4) is 0 Å². The minimum Gasteiger partial charge on any atom is -0.497 e. The lowest BCUT2D eigenvalue weighted by atomic mass is 10.0. The summed E-state index contributed by atoms with van der Waals surface area (Å²) in [5.41, 5.74) is 7.22. The zero-order valence-electron chi connectivity index (χ0n) is 21.9. The molecule has 0 saturated heterocycles. The first-order valence-electron chi connectivity index (χ1n) is 13.1. The van der Waals surface area contributed by atoms with Gasteiger partial charge in [-0.1, -0.05) is 36.8 Å². The molecule has 3 aromatic rings. The van der Waals surface area contributed by atoms with E-state index in [4.69, 9.17) is 15.2 Å². The van der Waals surface area contributed by atoms with Crippen LogP contribution in [0.4, 0.5) is 0 Å². The molecule has 206 valence electrons. The number of methoxy groups -OCH3 is 1. The molecular weight excluding hydrogens is 500 g/mol. The highest BCUT2D eigenvalue weighted by atomic mass is 16.5. The third-order valence-electron chi connectivity index (χ3n) is 6.98. The molecule has 10 nitrogen and oxygen atoms in total. The van der Waals surface area contributed by atoms with Crippen LogP contribution in [0.25, 0.3) is 10.9 Å². The first-order valence-corrected chi connectivity index (χ1v) is 13.1. The van der Waals surface area contributed by atoms with Gasteiger partial charge in [0, 0.05) is 22.5 Å². The fraction of sp³-hybridized carbons (Fsp3) is 0.379. The number of aromatic nitrogens is 1. The number of nitrogens with two attached hydrogens (primary N) is 1. The molecule has 4 rings (SSSR count). The van der Waals surface area contributed by atoms with Crippen LogP contribution in [-0.4, -0.2) is 60.9 Å². The molecule has 1 heterocycles. The SMILES string of the molecule is COc1ccc2[nH]c(C(=O)N[C@@H](CCCN)C(=O)NC3CCC[C@H]3C(=O)OCC(=O)c3ccccc3)cc2c1. The van der Waals surface area contributed by atoms with Crippen LogP contribution in [0, 0.1) is 5.92 Å². The zero-order chi connectivity index (χ0) is 27.8. The van der Waals surface area contributed by atoms with Crippen LogP contribution in [-0.2, 0) is 14.3 Å². The summed E-state index contributed by atoms with van der Waals surface area (Å²) in [6.45, 7) is 0.00518. The molecule has 10 heteroatoms. The van der Waals surface area contributed by atoms with E-state index in [0.29, 0.717) is 49.2 Å². The number of benzene rings is 2. The van der Waals surface area contributed by atoms with Gasteiger partial charge in [-0.25, -0.2) is 0 Å². The number of rotatable bonds is 12. The van der Waals surface area contributed by atoms with Gasteiger partial charge < -0.3 is 30.8 Å². The highest BCUT2D eigenvalue weighted by Gasteiger charge is 2.37. The van der Waals surface area contributed by atoms with E-state index >= 15 is 0 Å². The average Bonchev–Trinajstić information content (AvgIpc) is 3.60. The molecule has 0 spiro atoms. The number of hydrogen-bond donors (Lipinski definition) is 4. The highest BCUT2D eigenvalue weighted by Crippen LogP contribution is 2.27. The number of nitrogens with one attached hydrogen (secondary N) is 3. The molecule has 3 atom stereocenters. The van der Waals surface area contributed by atoms with Gasteiger partial charge in [0.05, 0.1) is 13.0 Å². The Bertz CT molecular complexity index is 1320. The van der Waals surface area contributed by atoms with Crippen molar-refractivity contribution in [2.24, 2.45) is 11.7 Å². The van der Waals surface area contributed by atoms with Crippen LogP contribution in [0.5, 0.6) is 5.75 Å². The maximum absolute atomic E-state index is 13.2. The minimum atomic E-state index is -0.834. The zero-order valence-corrected chi connectivity index (χ0v) is 21.9. The molecule has 39 heavy (non-hydrogen) atoms. The predicted octanol–water partition coefficient (Wildman–Crippen LogP) is 2.72. The number of fused-ring (bicyclic) bond motifs is 1. The third-order valence-corrected chi connectivity index (χ3v) is 6.98. The van der Waals surface area contributed by atoms with Crippen LogP contribution < -0.4 is 21.1 Å². The molecule has 1 unspecified atom stereocenters. The molecule has 5 N–H and O–H groups in total. The number of H-pyrrole nitrogens is 1. The van der Waals surface area contributed by atoms with Crippen molar-refractivity contribution < 1.29 is 28.7 Å². The number of hydrogen-bond acceptors (Lipinski definition) is 7. The van der Waals surface area contributed by atoms with Gasteiger partial charge in [0.2, 0.25) is 5.91 Å². The summed E-state index contributed by atoms with van der Waals surface area (Å²) >= 11 is 0. The Morgan fingerprint density at radius 1 is 1.08 bits per heavy atom. The van der Waals surface area contributed by atoms with E-state index in [0.717, 1.165) is 17.3 Å². The summed E-state index contributed by atoms with van der Waals surface area (Å²) < 4.78 is 10.5. The van der Waals surface area contributed by atoms with Crippen molar-refractivity contribution in [2.75, 3.05) is 20.3 Å². The first-order chi connectivity index (χ1) is 18.9. The van der Waals surface area contributed by atoms with E-state index in [1.165, 1.54) is 0 Å². The van der Waals surface area contributed by atoms with Crippen LogP contribution in [0.1, 0.15) is 53.0 Å². The molecule has 1 fully saturated rings. The maximum atomic E-state index is 13.2. The molecule has 0 aliphatic heterocycles. The van der Waals surface area contributed by atoms with Crippen molar-refractivity contribution in [3.05, 3.63) is 65.9 Å². The topological polar surface area (TPSA) is 153 Å². The fourth-order valence-corrected chi connectivity index (χ4v) is 4.84. The van der Waals surface area contributed by atoms with E-state index < -0.39 is 29.9 Å². The van der Waals surface area contributed by atoms with Crippen LogP contribution in [0.15, 0.2) is 54.6 Å². The van der Waals surface area contributed by atoms with E-state index in [2.05, 4.69) is 15.6 Å². The highest BCUT2D eigenvalue weighted by molar-refractivity contribution is 6.00. The van der Waals surface area contributed by atoms with Gasteiger partial charge in [-0.2, -0.15) is 0 Å². The predicted molar refractivity (Wildman–Crippen MR) is 145 cm³/mol. The van der Waals surface area contributed by atoms with Gasteiger partial charge in [-0.15, -0.1) is 0 Å². The van der Waals surface area contributed by atoms with E-state index in [1.807, 2.05) is 12.1 Å². The lowest BCUT2D eigenvalue weighted by Gasteiger charge is -2.24. The molecule has 1 aliphatic carbocycles. The standard InChI is InChI=1S/C29H34N4O6/c1-38-20-12-13-22-19(15-20)16-25(31-22)28(36)33-24(11-6-14-30)27(35)32-23-10-5-9-21(23)29(37)39-17-26(34)18-7-3-2-4-8-18/h2-4,7-8,12-13,15-16,21,23-24,31H,5-6,9-11,14,17,30H2,1H3,(H,32,35)(H,33,36)/t21-,23?,24+/m1/s1. The second-order valence-electron chi connectivity index (χ2n) is 9.64. The van der Waals surface area contributed by atoms with Gasteiger partial charge in [0.1, 0.15) is 17.5 Å². The monoisotopic (exact) mass is 534 g/mol. The molecule has 2 aromatic carbocycles. The normalized spacial score (nSPS) is 17.4. The van der Waals surface area contributed by atoms with Crippen molar-refractivity contribution in [2.45, 2.75) is 44.2 Å². The second-order valence-corrected chi connectivity index (χ2v) is 9.64. The number of Topliss-reactive ketones (excluding diaryl/α,β-unsaturated/α-hetero) is 1. The van der Waals surface area contributed by atoms with Gasteiger partial charge in [0.25, 0.3) is 5.91 Å². The van der Waals surface area contributed by atoms with Crippen molar-refractivity contribution in [1.82, 2.24) is 15.6 Å². The average molecular weight is 535 g/mol. The van der Waals surface area contributed by atoms with Crippen molar-refractivity contribution >= 4 is 34.5 Å². The number of aromatic amines is 1. The number of carbonyl (C=O) groups is 4. The number of carbonyl (C=O) groups excluding carboxylic acids is 4. The lowest BCUT2D eigenvalue weighted by Crippen LogP contribution is -2.51. The molecular formula is C29H34N4O6. The Morgan fingerprint density at radius 3 is 2.62 bits per heavy atom. The van der Waals surface area contributed by atoms with Crippen molar-refractivity contribution in [3.8, 4) is 5.75 Å². The Labute approximate surface area is 226 Å². The summed E-state index contributed by atoms with van der Waals surface area (Å²) in [6, 6.07) is 14.4. The molecule has 2 amide bonds. The number of ketones is 1. The van der Waals surface area contributed by atoms with E-state index in [9.17, 15) is 19.2 Å². The molecule has 0 bridgehead atoms. The van der Waals surface area contributed by atoms with Crippen LogP contribution >= 0.6 is 0 Å². The van der Waals surface area contributed by atoms with E-state index in [1.54, 1.807) is 49.6 Å². The van der Waals surface area contributed by atoms with E-state index in [-0.39, 0.29) is 18.3 Å². The number of amides is 2. The number of ether oxygens (including phenoxy) is 2. The smallest absolute Gasteiger partial charge is 0.311 e. The van der Waals surface area contributed by atoms with Gasteiger partial charge in [-0.3, -0.25) is 19.2 Å². The van der Waals surface area contributed by atoms with Crippen molar-refractivity contribution in [3.63, 3.8) is 0 Å². The molecule has 1 saturated carbocycles. The molecule has 1 aliphatic rings. The summed E-state index contributed by atoms with van der Waals surface area (Å²) in [7, 11) is 1.57. The van der Waals surface area contributed by atoms with Gasteiger partial charge in [0.15, 0.2) is 12.4 Å². The maximum Gasteiger partial charge on any atom is 0.311 e. The quantitative estimate of drug-likeness (QED) is 0.206. The van der Waals surface area contributed by atoms with Crippen LogP contribution in [0.2, 0.25) is 0 Å². The molecule has 0 radical (unpaired) electrons. The summed E-state index contributed by atoms with van der Waals surface area (Å²) in [6.07, 6.45) is 2.74. The Balaban J connectivity index is 1.37. The fourth-order valence-electron chi connectivity index (χ4n) is 4.84. The first kappa shape index (κ1) is 27.8. The Kier molecular flexibility index (Phi) is 9.32. The minimum absolute atomic E-state index is 0.289. The van der Waals surface area contributed by atoms with Crippen molar-refractivity contribution in [1.29, 1.82) is 0 Å². The third kappa shape index (κ3) is 7.02. The van der Waals surface area contributed by atoms with Gasteiger partial charge in [-0.05, 0) is 56.5 Å². The Hall–Kier alpha value is -4.18.